The Kier molecular flexibility index (Phi) is 5.71. The molecule has 0 saturated carbocycles. The number of anilines is 1. The van der Waals surface area contributed by atoms with Crippen molar-refractivity contribution < 1.29 is 9.53 Å². The van der Waals surface area contributed by atoms with E-state index in [1.165, 1.54) is 27.9 Å². The molecule has 0 radical (unpaired) electrons. The second kappa shape index (κ2) is 9.15. The quantitative estimate of drug-likeness (QED) is 0.595. The summed E-state index contributed by atoms with van der Waals surface area (Å²) in [6.07, 6.45) is 2.08. The number of nitrogens with zero attached hydrogens (tertiary/aromatic N) is 3. The summed E-state index contributed by atoms with van der Waals surface area (Å²) in [6.45, 7) is 7.05. The first-order valence-corrected chi connectivity index (χ1v) is 12.4. The minimum Gasteiger partial charge on any atom is -0.493 e. The number of carbonyl (C=O) groups excluding carboxylic acids is 1. The predicted octanol–water partition coefficient (Wildman–Crippen LogP) is 4.14. The Morgan fingerprint density at radius 2 is 1.59 bits per heavy atom. The van der Waals surface area contributed by atoms with Crippen LogP contribution in [0.2, 0.25) is 0 Å². The summed E-state index contributed by atoms with van der Waals surface area (Å²) in [6, 6.07) is 23.4. The summed E-state index contributed by atoms with van der Waals surface area (Å²) in [7, 11) is 0. The van der Waals surface area contributed by atoms with E-state index in [0.717, 1.165) is 76.6 Å². The molecule has 3 aromatic rings. The van der Waals surface area contributed by atoms with Crippen LogP contribution < -0.4 is 9.64 Å². The van der Waals surface area contributed by atoms with Crippen molar-refractivity contribution in [2.75, 3.05) is 44.2 Å². The average molecular weight is 454 g/mol. The maximum atomic E-state index is 13.1. The van der Waals surface area contributed by atoms with Gasteiger partial charge in [0.1, 0.15) is 5.75 Å². The van der Waals surface area contributed by atoms with Crippen LogP contribution in [-0.4, -0.2) is 55.0 Å². The Hall–Kier alpha value is -3.31. The van der Waals surface area contributed by atoms with Gasteiger partial charge in [0.25, 0.3) is 5.91 Å². The zero-order valence-electron chi connectivity index (χ0n) is 19.6. The fourth-order valence-corrected chi connectivity index (χ4v) is 5.42. The van der Waals surface area contributed by atoms with Crippen molar-refractivity contribution in [2.45, 2.75) is 25.9 Å². The molecule has 1 amide bonds. The first kappa shape index (κ1) is 21.2. The fourth-order valence-electron chi connectivity index (χ4n) is 5.42. The lowest BCUT2D eigenvalue weighted by Gasteiger charge is -2.35. The highest BCUT2D eigenvalue weighted by molar-refractivity contribution is 5.94. The highest BCUT2D eigenvalue weighted by Gasteiger charge is 2.23. The second-order valence-electron chi connectivity index (χ2n) is 9.60. The zero-order valence-corrected chi connectivity index (χ0v) is 19.6. The number of hydrogen-bond acceptors (Lipinski definition) is 4. The lowest BCUT2D eigenvalue weighted by Crippen LogP contribution is -2.48. The van der Waals surface area contributed by atoms with E-state index in [-0.39, 0.29) is 5.91 Å². The highest BCUT2D eigenvalue weighted by atomic mass is 16.5. The molecule has 3 aliphatic rings. The van der Waals surface area contributed by atoms with Crippen molar-refractivity contribution in [3.63, 3.8) is 0 Å². The summed E-state index contributed by atoms with van der Waals surface area (Å²) >= 11 is 0. The summed E-state index contributed by atoms with van der Waals surface area (Å²) in [5.41, 5.74) is 7.49. The van der Waals surface area contributed by atoms with Gasteiger partial charge in [0.15, 0.2) is 0 Å². The smallest absolute Gasteiger partial charge is 0.253 e. The number of hydrogen-bond donors (Lipinski definition) is 0. The van der Waals surface area contributed by atoms with Gasteiger partial charge in [0, 0.05) is 63.5 Å². The molecule has 0 atom stereocenters. The lowest BCUT2D eigenvalue weighted by atomic mass is 9.99. The van der Waals surface area contributed by atoms with Gasteiger partial charge in [-0.25, -0.2) is 0 Å². The Morgan fingerprint density at radius 3 is 2.41 bits per heavy atom. The van der Waals surface area contributed by atoms with Crippen LogP contribution in [0.15, 0.2) is 66.7 Å². The third-order valence-electron chi connectivity index (χ3n) is 7.43. The van der Waals surface area contributed by atoms with Crippen molar-refractivity contribution in [3.8, 4) is 5.75 Å². The molecule has 3 aromatic carbocycles. The predicted molar refractivity (Wildman–Crippen MR) is 134 cm³/mol. The topological polar surface area (TPSA) is 36.0 Å². The van der Waals surface area contributed by atoms with Crippen molar-refractivity contribution in [2.24, 2.45) is 0 Å². The minimum atomic E-state index is 0.143. The van der Waals surface area contributed by atoms with Crippen LogP contribution in [0.5, 0.6) is 5.75 Å². The molecule has 3 heterocycles. The Bertz CT molecular complexity index is 1180. The number of rotatable bonds is 4. The van der Waals surface area contributed by atoms with Crippen LogP contribution in [0, 0.1) is 0 Å². The third-order valence-corrected chi connectivity index (χ3v) is 7.43. The molecule has 0 spiro atoms. The molecule has 1 saturated heterocycles. The molecule has 0 unspecified atom stereocenters. The van der Waals surface area contributed by atoms with Crippen molar-refractivity contribution in [1.29, 1.82) is 0 Å². The maximum Gasteiger partial charge on any atom is 0.253 e. The maximum absolute atomic E-state index is 13.1. The number of piperazine rings is 1. The summed E-state index contributed by atoms with van der Waals surface area (Å²) < 4.78 is 5.62. The molecule has 0 aromatic heterocycles. The molecule has 6 rings (SSSR count). The van der Waals surface area contributed by atoms with E-state index in [2.05, 4.69) is 64.4 Å². The normalized spacial score (nSPS) is 17.8. The molecule has 34 heavy (non-hydrogen) atoms. The SMILES string of the molecule is O=C(c1ccc(N2CCc3ccccc3C2)cc1)N1CCN(Cc2ccc3c(c2)CCO3)CC1. The number of carbonyl (C=O) groups is 1. The Morgan fingerprint density at radius 1 is 0.794 bits per heavy atom. The van der Waals surface area contributed by atoms with Gasteiger partial charge in [0.05, 0.1) is 6.61 Å². The summed E-state index contributed by atoms with van der Waals surface area (Å²) in [5, 5.41) is 0. The van der Waals surface area contributed by atoms with E-state index < -0.39 is 0 Å². The van der Waals surface area contributed by atoms with Crippen LogP contribution >= 0.6 is 0 Å². The van der Waals surface area contributed by atoms with Gasteiger partial charge in [-0.2, -0.15) is 0 Å². The number of benzene rings is 3. The van der Waals surface area contributed by atoms with Gasteiger partial charge in [-0.15, -0.1) is 0 Å². The first-order chi connectivity index (χ1) is 16.7. The van der Waals surface area contributed by atoms with E-state index in [4.69, 9.17) is 4.74 Å². The van der Waals surface area contributed by atoms with Gasteiger partial charge in [-0.05, 0) is 59.0 Å². The first-order valence-electron chi connectivity index (χ1n) is 12.4. The van der Waals surface area contributed by atoms with E-state index in [9.17, 15) is 4.79 Å². The fraction of sp³-hybridized carbons (Fsp3) is 0.345. The number of fused-ring (bicyclic) bond motifs is 2. The van der Waals surface area contributed by atoms with Gasteiger partial charge >= 0.3 is 0 Å². The Labute approximate surface area is 201 Å². The second-order valence-corrected chi connectivity index (χ2v) is 9.60. The zero-order chi connectivity index (χ0) is 22.9. The van der Waals surface area contributed by atoms with E-state index in [1.807, 2.05) is 17.0 Å². The largest absolute Gasteiger partial charge is 0.493 e. The van der Waals surface area contributed by atoms with Crippen LogP contribution in [0.1, 0.15) is 32.6 Å². The minimum absolute atomic E-state index is 0.143. The summed E-state index contributed by atoms with van der Waals surface area (Å²) in [4.78, 5) is 20.0. The Balaban J connectivity index is 1.04. The molecule has 5 heteroatoms. The van der Waals surface area contributed by atoms with Gasteiger partial charge in [-0.1, -0.05) is 36.4 Å². The van der Waals surface area contributed by atoms with Crippen molar-refractivity contribution in [1.82, 2.24) is 9.80 Å². The molecule has 174 valence electrons. The molecule has 0 N–H and O–H groups in total. The molecular formula is C29H31N3O2. The number of amides is 1. The number of ether oxygens (including phenoxy) is 1. The van der Waals surface area contributed by atoms with Crippen molar-refractivity contribution >= 4 is 11.6 Å². The van der Waals surface area contributed by atoms with E-state index in [0.29, 0.717) is 0 Å². The molecular weight excluding hydrogens is 422 g/mol. The van der Waals surface area contributed by atoms with Crippen molar-refractivity contribution in [3.05, 3.63) is 94.5 Å². The third kappa shape index (κ3) is 4.28. The lowest BCUT2D eigenvalue weighted by molar-refractivity contribution is 0.0628. The monoisotopic (exact) mass is 453 g/mol. The van der Waals surface area contributed by atoms with Crippen LogP contribution in [0.4, 0.5) is 5.69 Å². The molecule has 0 bridgehead atoms. The van der Waals surface area contributed by atoms with Crippen LogP contribution in [-0.2, 0) is 25.9 Å². The van der Waals surface area contributed by atoms with Crippen LogP contribution in [0.25, 0.3) is 0 Å². The standard InChI is InChI=1S/C29H31N3O2/c33-29(24-6-8-27(9-7-24)32-13-11-23-3-1-2-4-26(23)21-32)31-16-14-30(15-17-31)20-22-5-10-28-25(19-22)12-18-34-28/h1-10,19H,11-18,20-21H2. The molecule has 0 aliphatic carbocycles. The van der Waals surface area contributed by atoms with E-state index >= 15 is 0 Å². The average Bonchev–Trinajstić information content (AvgIpc) is 3.37. The molecule has 3 aliphatic heterocycles. The van der Waals surface area contributed by atoms with Gasteiger partial charge in [0.2, 0.25) is 0 Å². The van der Waals surface area contributed by atoms with E-state index in [1.54, 1.807) is 0 Å². The summed E-state index contributed by atoms with van der Waals surface area (Å²) in [5.74, 6) is 1.18. The van der Waals surface area contributed by atoms with Gasteiger partial charge < -0.3 is 14.5 Å². The molecule has 5 nitrogen and oxygen atoms in total. The van der Waals surface area contributed by atoms with Gasteiger partial charge in [-0.3, -0.25) is 9.69 Å². The molecule has 1 fully saturated rings. The highest BCUT2D eigenvalue weighted by Crippen LogP contribution is 2.27. The van der Waals surface area contributed by atoms with Crippen LogP contribution in [0.3, 0.4) is 0 Å².